The summed E-state index contributed by atoms with van der Waals surface area (Å²) in [5.41, 5.74) is 1.58. The van der Waals surface area contributed by atoms with Crippen molar-refractivity contribution in [3.8, 4) is 5.75 Å². The van der Waals surface area contributed by atoms with Crippen LogP contribution in [0.5, 0.6) is 5.75 Å². The van der Waals surface area contributed by atoms with Gasteiger partial charge in [0.05, 0.1) is 6.26 Å². The van der Waals surface area contributed by atoms with Crippen molar-refractivity contribution in [3.63, 3.8) is 0 Å². The standard InChI is InChI=1S/C23H15NO5/c25-22-18(24-21(29-22)13-12-16-7-2-1-3-8-16)15-17-9-4-5-10-19(17)28-23(26)20-11-6-14-27-20/h1-15H/b13-12+,18-15+. The molecule has 0 spiro atoms. The number of rotatable bonds is 5. The molecule has 29 heavy (non-hydrogen) atoms. The van der Waals surface area contributed by atoms with Crippen LogP contribution in [0.15, 0.2) is 94.2 Å². The van der Waals surface area contributed by atoms with Crippen LogP contribution in [0.4, 0.5) is 0 Å². The van der Waals surface area contributed by atoms with Crippen molar-refractivity contribution in [1.82, 2.24) is 0 Å². The summed E-state index contributed by atoms with van der Waals surface area (Å²) in [5.74, 6) is -0.665. The molecule has 6 nitrogen and oxygen atoms in total. The molecule has 0 saturated carbocycles. The smallest absolute Gasteiger partial charge is 0.379 e. The van der Waals surface area contributed by atoms with Crippen molar-refractivity contribution < 1.29 is 23.5 Å². The number of nitrogens with zero attached hydrogens (tertiary/aromatic N) is 1. The topological polar surface area (TPSA) is 78.1 Å². The van der Waals surface area contributed by atoms with Gasteiger partial charge in [-0.3, -0.25) is 0 Å². The average molecular weight is 385 g/mol. The van der Waals surface area contributed by atoms with E-state index in [0.717, 1.165) is 5.56 Å². The molecule has 0 unspecified atom stereocenters. The molecule has 2 heterocycles. The Morgan fingerprint density at radius 3 is 2.52 bits per heavy atom. The number of furan rings is 1. The molecule has 142 valence electrons. The highest BCUT2D eigenvalue weighted by molar-refractivity contribution is 6.11. The van der Waals surface area contributed by atoms with Crippen LogP contribution in [-0.4, -0.2) is 17.8 Å². The Labute approximate surface area is 166 Å². The predicted molar refractivity (Wildman–Crippen MR) is 107 cm³/mol. The van der Waals surface area contributed by atoms with Crippen molar-refractivity contribution in [3.05, 3.63) is 102 Å². The molecule has 1 aliphatic heterocycles. The van der Waals surface area contributed by atoms with E-state index < -0.39 is 11.9 Å². The van der Waals surface area contributed by atoms with Crippen LogP contribution >= 0.6 is 0 Å². The minimum Gasteiger partial charge on any atom is -0.457 e. The lowest BCUT2D eigenvalue weighted by Gasteiger charge is -2.06. The number of para-hydroxylation sites is 1. The van der Waals surface area contributed by atoms with Crippen molar-refractivity contribution in [2.45, 2.75) is 0 Å². The van der Waals surface area contributed by atoms with Crippen LogP contribution < -0.4 is 4.74 Å². The van der Waals surface area contributed by atoms with Gasteiger partial charge >= 0.3 is 11.9 Å². The molecule has 3 aromatic rings. The van der Waals surface area contributed by atoms with Gasteiger partial charge in [0.25, 0.3) is 0 Å². The number of aliphatic imine (C=N–C) groups is 1. The van der Waals surface area contributed by atoms with Crippen molar-refractivity contribution in [1.29, 1.82) is 0 Å². The van der Waals surface area contributed by atoms with Gasteiger partial charge in [0.15, 0.2) is 5.70 Å². The summed E-state index contributed by atoms with van der Waals surface area (Å²) in [7, 11) is 0. The fourth-order valence-corrected chi connectivity index (χ4v) is 2.61. The number of cyclic esters (lactones) is 1. The monoisotopic (exact) mass is 385 g/mol. The number of hydrogen-bond acceptors (Lipinski definition) is 6. The highest BCUT2D eigenvalue weighted by Gasteiger charge is 2.22. The van der Waals surface area contributed by atoms with E-state index in [4.69, 9.17) is 13.9 Å². The minimum absolute atomic E-state index is 0.0825. The summed E-state index contributed by atoms with van der Waals surface area (Å²) in [6.07, 6.45) is 6.32. The molecule has 1 aliphatic rings. The molecular formula is C23H15NO5. The Morgan fingerprint density at radius 2 is 1.72 bits per heavy atom. The summed E-state index contributed by atoms with van der Waals surface area (Å²) in [4.78, 5) is 28.5. The molecule has 0 aliphatic carbocycles. The summed E-state index contributed by atoms with van der Waals surface area (Å²) in [6, 6.07) is 19.5. The van der Waals surface area contributed by atoms with Gasteiger partial charge in [-0.25, -0.2) is 14.6 Å². The molecular weight excluding hydrogens is 370 g/mol. The Kier molecular flexibility index (Phi) is 5.16. The van der Waals surface area contributed by atoms with Crippen molar-refractivity contribution in [2.24, 2.45) is 4.99 Å². The maximum Gasteiger partial charge on any atom is 0.379 e. The number of hydrogen-bond donors (Lipinski definition) is 0. The van der Waals surface area contributed by atoms with Gasteiger partial charge in [-0.2, -0.15) is 0 Å². The third kappa shape index (κ3) is 4.39. The van der Waals surface area contributed by atoms with Gasteiger partial charge in [0.1, 0.15) is 5.75 Å². The van der Waals surface area contributed by atoms with Gasteiger partial charge < -0.3 is 13.9 Å². The second-order valence-electron chi connectivity index (χ2n) is 6.02. The van der Waals surface area contributed by atoms with Crippen LogP contribution in [-0.2, 0) is 9.53 Å². The van der Waals surface area contributed by atoms with Gasteiger partial charge in [-0.15, -0.1) is 0 Å². The number of carbonyl (C=O) groups is 2. The van der Waals surface area contributed by atoms with Crippen molar-refractivity contribution in [2.75, 3.05) is 0 Å². The quantitative estimate of drug-likeness (QED) is 0.367. The van der Waals surface area contributed by atoms with E-state index >= 15 is 0 Å². The van der Waals surface area contributed by atoms with Crippen LogP contribution in [0.25, 0.3) is 12.2 Å². The summed E-state index contributed by atoms with van der Waals surface area (Å²) in [5, 5.41) is 0. The van der Waals surface area contributed by atoms with Gasteiger partial charge in [0.2, 0.25) is 11.7 Å². The lowest BCUT2D eigenvalue weighted by Crippen LogP contribution is -2.08. The normalized spacial score (nSPS) is 14.8. The molecule has 0 fully saturated rings. The Bertz CT molecular complexity index is 1130. The molecule has 2 aromatic carbocycles. The number of benzene rings is 2. The Hall–Kier alpha value is -4.19. The third-order valence-electron chi connectivity index (χ3n) is 3.99. The van der Waals surface area contributed by atoms with Gasteiger partial charge in [-0.1, -0.05) is 48.5 Å². The fourth-order valence-electron chi connectivity index (χ4n) is 2.61. The maximum absolute atomic E-state index is 12.2. The first kappa shape index (κ1) is 18.2. The second kappa shape index (κ2) is 8.22. The summed E-state index contributed by atoms with van der Waals surface area (Å²) >= 11 is 0. The number of carbonyl (C=O) groups excluding carboxylic acids is 2. The first-order valence-corrected chi connectivity index (χ1v) is 8.79. The largest absolute Gasteiger partial charge is 0.457 e. The van der Waals surface area contributed by atoms with Crippen LogP contribution in [0.3, 0.4) is 0 Å². The SMILES string of the molecule is O=C1OC(/C=C/c2ccccc2)=NC/1=C/c1ccccc1OC(=O)c1ccco1. The lowest BCUT2D eigenvalue weighted by molar-refractivity contribution is -0.129. The second-order valence-corrected chi connectivity index (χ2v) is 6.02. The van der Waals surface area contributed by atoms with E-state index in [1.807, 2.05) is 30.3 Å². The third-order valence-corrected chi connectivity index (χ3v) is 3.99. The van der Waals surface area contributed by atoms with Gasteiger partial charge in [0, 0.05) is 11.6 Å². The molecule has 0 bridgehead atoms. The minimum atomic E-state index is -0.634. The molecule has 0 radical (unpaired) electrons. The number of ether oxygens (including phenoxy) is 2. The predicted octanol–water partition coefficient (Wildman–Crippen LogP) is 4.51. The number of esters is 2. The van der Waals surface area contributed by atoms with E-state index in [0.29, 0.717) is 5.56 Å². The summed E-state index contributed by atoms with van der Waals surface area (Å²) in [6.45, 7) is 0. The Morgan fingerprint density at radius 1 is 0.931 bits per heavy atom. The van der Waals surface area contributed by atoms with E-state index in [9.17, 15) is 9.59 Å². The average Bonchev–Trinajstić information content (AvgIpc) is 3.39. The molecule has 1 aromatic heterocycles. The van der Waals surface area contributed by atoms with Gasteiger partial charge in [-0.05, 0) is 35.9 Å². The highest BCUT2D eigenvalue weighted by atomic mass is 16.6. The molecule has 6 heteroatoms. The Balaban J connectivity index is 1.56. The zero-order valence-corrected chi connectivity index (χ0v) is 15.1. The first-order chi connectivity index (χ1) is 14.2. The fraction of sp³-hybridized carbons (Fsp3) is 0. The molecule has 0 saturated heterocycles. The molecule has 0 N–H and O–H groups in total. The van der Waals surface area contributed by atoms with Crippen molar-refractivity contribution >= 4 is 30.0 Å². The lowest BCUT2D eigenvalue weighted by atomic mass is 10.1. The van der Waals surface area contributed by atoms with Crippen LogP contribution in [0, 0.1) is 0 Å². The zero-order valence-electron chi connectivity index (χ0n) is 15.1. The maximum atomic E-state index is 12.2. The molecule has 4 rings (SSSR count). The first-order valence-electron chi connectivity index (χ1n) is 8.79. The molecule has 0 atom stereocenters. The van der Waals surface area contributed by atoms with Crippen LogP contribution in [0.2, 0.25) is 0 Å². The molecule has 0 amide bonds. The highest BCUT2D eigenvalue weighted by Crippen LogP contribution is 2.24. The van der Waals surface area contributed by atoms with E-state index in [2.05, 4.69) is 4.99 Å². The van der Waals surface area contributed by atoms with Crippen LogP contribution in [0.1, 0.15) is 21.7 Å². The summed E-state index contributed by atoms with van der Waals surface area (Å²) < 4.78 is 15.6. The van der Waals surface area contributed by atoms with E-state index in [1.54, 1.807) is 42.5 Å². The van der Waals surface area contributed by atoms with E-state index in [1.165, 1.54) is 18.4 Å². The zero-order chi connectivity index (χ0) is 20.1. The van der Waals surface area contributed by atoms with E-state index in [-0.39, 0.29) is 23.1 Å².